The third kappa shape index (κ3) is 2.41. The molecule has 1 aromatic carbocycles. The summed E-state index contributed by atoms with van der Waals surface area (Å²) >= 11 is 1.60. The number of para-hydroxylation sites is 1. The van der Waals surface area contributed by atoms with Crippen molar-refractivity contribution in [3.63, 3.8) is 0 Å². The molecule has 0 N–H and O–H groups in total. The monoisotopic (exact) mass is 186 g/mol. The van der Waals surface area contributed by atoms with Crippen LogP contribution in [-0.4, -0.2) is 19.5 Å². The minimum Gasteiger partial charge on any atom is -0.490 e. The van der Waals surface area contributed by atoms with E-state index in [9.17, 15) is 4.39 Å². The Morgan fingerprint density at radius 2 is 2.17 bits per heavy atom. The van der Waals surface area contributed by atoms with Crippen LogP contribution < -0.4 is 4.74 Å². The summed E-state index contributed by atoms with van der Waals surface area (Å²) in [6, 6.07) is 7.63. The summed E-state index contributed by atoms with van der Waals surface area (Å²) in [6.07, 6.45) is 1.97. The number of hydrogen-bond acceptors (Lipinski definition) is 2. The van der Waals surface area contributed by atoms with Gasteiger partial charge in [-0.25, -0.2) is 4.39 Å². The van der Waals surface area contributed by atoms with Crippen LogP contribution in [0.4, 0.5) is 4.39 Å². The molecular formula is C9H11FOS. The molecule has 0 aromatic heterocycles. The zero-order valence-electron chi connectivity index (χ0n) is 6.92. The van der Waals surface area contributed by atoms with Crippen LogP contribution in [0.25, 0.3) is 0 Å². The minimum absolute atomic E-state index is 0.136. The number of benzene rings is 1. The Kier molecular flexibility index (Phi) is 3.94. The lowest BCUT2D eigenvalue weighted by Crippen LogP contribution is -1.99. The van der Waals surface area contributed by atoms with E-state index in [1.165, 1.54) is 0 Å². The van der Waals surface area contributed by atoms with Gasteiger partial charge >= 0.3 is 0 Å². The van der Waals surface area contributed by atoms with E-state index in [2.05, 4.69) is 0 Å². The summed E-state index contributed by atoms with van der Waals surface area (Å²) in [5.41, 5.74) is 0. The van der Waals surface area contributed by atoms with Gasteiger partial charge in [0.25, 0.3) is 0 Å². The lowest BCUT2D eigenvalue weighted by molar-refractivity contribution is 0.268. The molecule has 0 atom stereocenters. The Morgan fingerprint density at radius 3 is 2.83 bits per heavy atom. The number of thioether (sulfide) groups is 1. The van der Waals surface area contributed by atoms with Crippen LogP contribution >= 0.6 is 11.8 Å². The van der Waals surface area contributed by atoms with Gasteiger partial charge in [-0.15, -0.1) is 11.8 Å². The maximum absolute atomic E-state index is 11.8. The molecule has 1 nitrogen and oxygen atoms in total. The lowest BCUT2D eigenvalue weighted by Gasteiger charge is -2.06. The van der Waals surface area contributed by atoms with Crippen molar-refractivity contribution in [3.05, 3.63) is 24.3 Å². The Bertz CT molecular complexity index is 240. The molecule has 0 unspecified atom stereocenters. The highest BCUT2D eigenvalue weighted by molar-refractivity contribution is 7.98. The van der Waals surface area contributed by atoms with Gasteiger partial charge in [-0.2, -0.15) is 0 Å². The first-order valence-corrected chi connectivity index (χ1v) is 4.92. The van der Waals surface area contributed by atoms with Gasteiger partial charge in [-0.3, -0.25) is 0 Å². The largest absolute Gasteiger partial charge is 0.490 e. The Hall–Kier alpha value is -0.700. The first kappa shape index (κ1) is 9.39. The van der Waals surface area contributed by atoms with Crippen molar-refractivity contribution in [1.82, 2.24) is 0 Å². The van der Waals surface area contributed by atoms with Crippen LogP contribution in [0.5, 0.6) is 5.75 Å². The average Bonchev–Trinajstić information content (AvgIpc) is 2.15. The van der Waals surface area contributed by atoms with Gasteiger partial charge in [0.1, 0.15) is 19.0 Å². The van der Waals surface area contributed by atoms with Crippen molar-refractivity contribution in [2.24, 2.45) is 0 Å². The number of ether oxygens (including phenoxy) is 1. The highest BCUT2D eigenvalue weighted by Gasteiger charge is 1.99. The second kappa shape index (κ2) is 5.04. The zero-order valence-corrected chi connectivity index (χ0v) is 7.73. The molecule has 0 saturated heterocycles. The molecule has 0 amide bonds. The molecule has 0 fully saturated rings. The molecule has 12 heavy (non-hydrogen) atoms. The summed E-state index contributed by atoms with van der Waals surface area (Å²) in [5, 5.41) is 0. The van der Waals surface area contributed by atoms with Crippen molar-refractivity contribution in [3.8, 4) is 5.75 Å². The van der Waals surface area contributed by atoms with E-state index in [-0.39, 0.29) is 6.61 Å². The van der Waals surface area contributed by atoms with Gasteiger partial charge < -0.3 is 4.74 Å². The molecule has 0 saturated carbocycles. The third-order valence-electron chi connectivity index (χ3n) is 1.40. The van der Waals surface area contributed by atoms with E-state index in [1.54, 1.807) is 11.8 Å². The molecular weight excluding hydrogens is 175 g/mol. The molecule has 0 bridgehead atoms. The van der Waals surface area contributed by atoms with Crippen LogP contribution in [0.2, 0.25) is 0 Å². The smallest absolute Gasteiger partial charge is 0.132 e. The van der Waals surface area contributed by atoms with Crippen LogP contribution in [0, 0.1) is 0 Å². The molecule has 0 aliphatic heterocycles. The maximum atomic E-state index is 11.8. The van der Waals surface area contributed by atoms with Crippen molar-refractivity contribution in [1.29, 1.82) is 0 Å². The fraction of sp³-hybridized carbons (Fsp3) is 0.333. The van der Waals surface area contributed by atoms with Crippen LogP contribution in [0.3, 0.4) is 0 Å². The van der Waals surface area contributed by atoms with Crippen molar-refractivity contribution < 1.29 is 9.13 Å². The quantitative estimate of drug-likeness (QED) is 0.669. The predicted octanol–water partition coefficient (Wildman–Crippen LogP) is 2.76. The van der Waals surface area contributed by atoms with Crippen molar-refractivity contribution in [2.45, 2.75) is 4.90 Å². The summed E-state index contributed by atoms with van der Waals surface area (Å²) in [7, 11) is 0. The molecule has 0 radical (unpaired) electrons. The van der Waals surface area contributed by atoms with Gasteiger partial charge in [-0.05, 0) is 18.4 Å². The minimum atomic E-state index is -0.442. The molecule has 1 aromatic rings. The Morgan fingerprint density at radius 1 is 1.42 bits per heavy atom. The van der Waals surface area contributed by atoms with E-state index in [0.29, 0.717) is 0 Å². The average molecular weight is 186 g/mol. The molecule has 0 spiro atoms. The van der Waals surface area contributed by atoms with Crippen molar-refractivity contribution in [2.75, 3.05) is 19.5 Å². The first-order chi connectivity index (χ1) is 5.88. The molecule has 0 aliphatic rings. The maximum Gasteiger partial charge on any atom is 0.132 e. The molecule has 66 valence electrons. The highest BCUT2D eigenvalue weighted by Crippen LogP contribution is 2.26. The summed E-state index contributed by atoms with van der Waals surface area (Å²) in [6.45, 7) is -0.305. The van der Waals surface area contributed by atoms with E-state index in [4.69, 9.17) is 4.74 Å². The van der Waals surface area contributed by atoms with Gasteiger partial charge in [0.05, 0.1) is 0 Å². The molecule has 1 rings (SSSR count). The second-order valence-electron chi connectivity index (χ2n) is 2.19. The van der Waals surface area contributed by atoms with E-state index in [1.807, 2.05) is 30.5 Å². The predicted molar refractivity (Wildman–Crippen MR) is 49.7 cm³/mol. The SMILES string of the molecule is CSc1ccccc1OCCF. The molecule has 3 heteroatoms. The number of hydrogen-bond donors (Lipinski definition) is 0. The fourth-order valence-corrected chi connectivity index (χ4v) is 1.43. The summed E-state index contributed by atoms with van der Waals surface area (Å²) in [4.78, 5) is 1.05. The summed E-state index contributed by atoms with van der Waals surface area (Å²) < 4.78 is 17.0. The number of rotatable bonds is 4. The van der Waals surface area contributed by atoms with Gasteiger partial charge in [-0.1, -0.05) is 12.1 Å². The second-order valence-corrected chi connectivity index (χ2v) is 3.04. The number of alkyl halides is 1. The zero-order chi connectivity index (χ0) is 8.81. The third-order valence-corrected chi connectivity index (χ3v) is 2.18. The van der Waals surface area contributed by atoms with Gasteiger partial charge in [0, 0.05) is 4.90 Å². The van der Waals surface area contributed by atoms with Crippen LogP contribution in [0.1, 0.15) is 0 Å². The standard InChI is InChI=1S/C9H11FOS/c1-12-9-5-3-2-4-8(9)11-7-6-10/h2-5H,6-7H2,1H3. The molecule has 0 aliphatic carbocycles. The van der Waals surface area contributed by atoms with Crippen LogP contribution in [-0.2, 0) is 0 Å². The van der Waals surface area contributed by atoms with E-state index < -0.39 is 6.67 Å². The Balaban J connectivity index is 2.68. The topological polar surface area (TPSA) is 9.23 Å². The fourth-order valence-electron chi connectivity index (χ4n) is 0.887. The van der Waals surface area contributed by atoms with Crippen molar-refractivity contribution >= 4 is 11.8 Å². The van der Waals surface area contributed by atoms with E-state index >= 15 is 0 Å². The van der Waals surface area contributed by atoms with E-state index in [0.717, 1.165) is 10.6 Å². The lowest BCUT2D eigenvalue weighted by atomic mass is 10.3. The Labute approximate surface area is 75.9 Å². The number of halogens is 1. The first-order valence-electron chi connectivity index (χ1n) is 3.70. The van der Waals surface area contributed by atoms with Crippen LogP contribution in [0.15, 0.2) is 29.2 Å². The normalized spacial score (nSPS) is 9.83. The highest BCUT2D eigenvalue weighted by atomic mass is 32.2. The van der Waals surface area contributed by atoms with Gasteiger partial charge in [0.15, 0.2) is 0 Å². The summed E-state index contributed by atoms with van der Waals surface area (Å²) in [5.74, 6) is 0.766. The van der Waals surface area contributed by atoms with Gasteiger partial charge in [0.2, 0.25) is 0 Å². The molecule has 0 heterocycles.